The third-order valence-corrected chi connectivity index (χ3v) is 3.68. The zero-order chi connectivity index (χ0) is 10.7. The lowest BCUT2D eigenvalue weighted by Gasteiger charge is -2.13. The van der Waals surface area contributed by atoms with Gasteiger partial charge in [0, 0.05) is 29.6 Å². The van der Waals surface area contributed by atoms with E-state index in [2.05, 4.69) is 26.2 Å². The molecule has 1 unspecified atom stereocenters. The number of rotatable bonds is 4. The quantitative estimate of drug-likeness (QED) is 0.939. The van der Waals surface area contributed by atoms with Gasteiger partial charge in [0.15, 0.2) is 4.67 Å². The number of likely N-dealkylation sites (N-methyl/N-ethyl adjacent to an activating group) is 1. The first-order chi connectivity index (χ1) is 7.31. The van der Waals surface area contributed by atoms with Gasteiger partial charge in [0.05, 0.1) is 11.3 Å². The molecule has 3 nitrogen and oxygen atoms in total. The fraction of sp³-hybridized carbons (Fsp3) is 0.300. The van der Waals surface area contributed by atoms with Crippen LogP contribution in [0, 0.1) is 0 Å². The van der Waals surface area contributed by atoms with Crippen LogP contribution in [0.3, 0.4) is 0 Å². The van der Waals surface area contributed by atoms with Crippen LogP contribution in [0.4, 0.5) is 0 Å². The maximum Gasteiger partial charge on any atom is 0.173 e. The van der Waals surface area contributed by atoms with Crippen LogP contribution in [0.2, 0.25) is 0 Å². The topological polar surface area (TPSA) is 38.1 Å². The van der Waals surface area contributed by atoms with Crippen molar-refractivity contribution in [2.75, 3.05) is 7.05 Å². The highest BCUT2D eigenvalue weighted by molar-refractivity contribution is 9.10. The molecule has 1 N–H and O–H groups in total. The molecule has 2 heterocycles. The van der Waals surface area contributed by atoms with Gasteiger partial charge in [0.25, 0.3) is 0 Å². The highest BCUT2D eigenvalue weighted by Gasteiger charge is 2.16. The molecule has 5 heteroatoms. The van der Waals surface area contributed by atoms with Gasteiger partial charge in [-0.15, -0.1) is 11.3 Å². The number of hydrogen-bond acceptors (Lipinski definition) is 4. The van der Waals surface area contributed by atoms with E-state index in [1.54, 1.807) is 17.6 Å². The number of thiazole rings is 1. The normalized spacial score (nSPS) is 12.9. The van der Waals surface area contributed by atoms with Gasteiger partial charge in [-0.1, -0.05) is 0 Å². The third kappa shape index (κ3) is 2.48. The standard InChI is InChI=1S/C10H11BrN2OS/c1-12-8(6-9-13-3-5-15-9)7-2-4-14-10(7)11/h2-5,8,12H,6H2,1H3. The molecule has 2 aromatic rings. The average molecular weight is 287 g/mol. The monoisotopic (exact) mass is 286 g/mol. The van der Waals surface area contributed by atoms with Crippen LogP contribution in [0.25, 0.3) is 0 Å². The SMILES string of the molecule is CNC(Cc1nccs1)c1ccoc1Br. The second kappa shape index (κ2) is 4.92. The van der Waals surface area contributed by atoms with E-state index in [0.717, 1.165) is 21.7 Å². The van der Waals surface area contributed by atoms with Gasteiger partial charge in [-0.25, -0.2) is 4.98 Å². The van der Waals surface area contributed by atoms with Gasteiger partial charge in [0.1, 0.15) is 0 Å². The van der Waals surface area contributed by atoms with Crippen LogP contribution in [0.1, 0.15) is 16.6 Å². The maximum atomic E-state index is 5.23. The average Bonchev–Trinajstić information content (AvgIpc) is 2.85. The first-order valence-corrected chi connectivity index (χ1v) is 6.27. The van der Waals surface area contributed by atoms with E-state index in [1.807, 2.05) is 24.7 Å². The Labute approximate surface area is 101 Å². The summed E-state index contributed by atoms with van der Waals surface area (Å²) in [7, 11) is 1.94. The molecule has 15 heavy (non-hydrogen) atoms. The van der Waals surface area contributed by atoms with Crippen molar-refractivity contribution in [3.63, 3.8) is 0 Å². The van der Waals surface area contributed by atoms with Crippen molar-refractivity contribution in [2.24, 2.45) is 0 Å². The Bertz CT molecular complexity index is 413. The van der Waals surface area contributed by atoms with E-state index in [9.17, 15) is 0 Å². The van der Waals surface area contributed by atoms with E-state index in [1.165, 1.54) is 0 Å². The number of nitrogens with one attached hydrogen (secondary N) is 1. The fourth-order valence-corrected chi connectivity index (χ4v) is 2.63. The van der Waals surface area contributed by atoms with Gasteiger partial charge >= 0.3 is 0 Å². The Hall–Kier alpha value is -0.650. The van der Waals surface area contributed by atoms with Crippen molar-refractivity contribution in [3.05, 3.63) is 39.1 Å². The molecule has 0 spiro atoms. The largest absolute Gasteiger partial charge is 0.457 e. The Morgan fingerprint density at radius 2 is 2.53 bits per heavy atom. The third-order valence-electron chi connectivity index (χ3n) is 2.23. The summed E-state index contributed by atoms with van der Waals surface area (Å²) in [4.78, 5) is 4.28. The number of aromatic nitrogens is 1. The van der Waals surface area contributed by atoms with Crippen LogP contribution in [0.5, 0.6) is 0 Å². The molecule has 80 valence electrons. The Morgan fingerprint density at radius 1 is 1.67 bits per heavy atom. The zero-order valence-electron chi connectivity index (χ0n) is 8.24. The summed E-state index contributed by atoms with van der Waals surface area (Å²) < 4.78 is 6.02. The molecule has 0 bridgehead atoms. The van der Waals surface area contributed by atoms with E-state index in [4.69, 9.17) is 4.42 Å². The van der Waals surface area contributed by atoms with Crippen molar-refractivity contribution in [1.29, 1.82) is 0 Å². The lowest BCUT2D eigenvalue weighted by molar-refractivity contribution is 0.518. The smallest absolute Gasteiger partial charge is 0.173 e. The molecule has 0 aromatic carbocycles. The highest BCUT2D eigenvalue weighted by atomic mass is 79.9. The lowest BCUT2D eigenvalue weighted by Crippen LogP contribution is -2.18. The van der Waals surface area contributed by atoms with E-state index in [0.29, 0.717) is 0 Å². The molecule has 0 fully saturated rings. The second-order valence-electron chi connectivity index (χ2n) is 3.12. The minimum Gasteiger partial charge on any atom is -0.457 e. The maximum absolute atomic E-state index is 5.23. The fourth-order valence-electron chi connectivity index (χ4n) is 1.45. The second-order valence-corrected chi connectivity index (χ2v) is 4.82. The van der Waals surface area contributed by atoms with Crippen LogP contribution < -0.4 is 5.32 Å². The van der Waals surface area contributed by atoms with Gasteiger partial charge in [-0.05, 0) is 29.0 Å². The summed E-state index contributed by atoms with van der Waals surface area (Å²) in [5.74, 6) is 0. The van der Waals surface area contributed by atoms with E-state index in [-0.39, 0.29) is 6.04 Å². The summed E-state index contributed by atoms with van der Waals surface area (Å²) in [6.07, 6.45) is 4.40. The van der Waals surface area contributed by atoms with Crippen molar-refractivity contribution in [2.45, 2.75) is 12.5 Å². The number of halogens is 1. The molecule has 0 amide bonds. The van der Waals surface area contributed by atoms with Gasteiger partial charge in [-0.2, -0.15) is 0 Å². The number of furan rings is 1. The van der Waals surface area contributed by atoms with Gasteiger partial charge in [0.2, 0.25) is 0 Å². The van der Waals surface area contributed by atoms with E-state index < -0.39 is 0 Å². The molecular weight excluding hydrogens is 276 g/mol. The Morgan fingerprint density at radius 3 is 3.07 bits per heavy atom. The first-order valence-electron chi connectivity index (χ1n) is 4.59. The predicted octanol–water partition coefficient (Wildman–Crippen LogP) is 3.00. The van der Waals surface area contributed by atoms with Crippen molar-refractivity contribution in [1.82, 2.24) is 10.3 Å². The number of nitrogens with zero attached hydrogens (tertiary/aromatic N) is 1. The van der Waals surface area contributed by atoms with Crippen LogP contribution in [-0.2, 0) is 6.42 Å². The minimum atomic E-state index is 0.240. The molecule has 2 aromatic heterocycles. The predicted molar refractivity (Wildman–Crippen MR) is 64.0 cm³/mol. The zero-order valence-corrected chi connectivity index (χ0v) is 10.6. The molecule has 2 rings (SSSR count). The highest BCUT2D eigenvalue weighted by Crippen LogP contribution is 2.27. The summed E-state index contributed by atoms with van der Waals surface area (Å²) >= 11 is 5.06. The van der Waals surface area contributed by atoms with Crippen LogP contribution in [0.15, 0.2) is 33.0 Å². The lowest BCUT2D eigenvalue weighted by atomic mass is 10.1. The molecule has 0 saturated carbocycles. The number of hydrogen-bond donors (Lipinski definition) is 1. The van der Waals surface area contributed by atoms with Crippen LogP contribution >= 0.6 is 27.3 Å². The minimum absolute atomic E-state index is 0.240. The molecule has 1 atom stereocenters. The molecule has 0 aliphatic carbocycles. The van der Waals surface area contributed by atoms with Crippen molar-refractivity contribution < 1.29 is 4.42 Å². The van der Waals surface area contributed by atoms with Crippen molar-refractivity contribution >= 4 is 27.3 Å². The Balaban J connectivity index is 2.15. The molecular formula is C10H11BrN2OS. The van der Waals surface area contributed by atoms with Crippen molar-refractivity contribution in [3.8, 4) is 0 Å². The molecule has 0 aliphatic heterocycles. The summed E-state index contributed by atoms with van der Waals surface area (Å²) in [5.41, 5.74) is 1.13. The molecule has 0 radical (unpaired) electrons. The summed E-state index contributed by atoms with van der Waals surface area (Å²) in [6, 6.07) is 2.21. The first kappa shape index (κ1) is 10.9. The molecule has 0 aliphatic rings. The van der Waals surface area contributed by atoms with Gasteiger partial charge < -0.3 is 9.73 Å². The summed E-state index contributed by atoms with van der Waals surface area (Å²) in [6.45, 7) is 0. The molecule has 0 saturated heterocycles. The van der Waals surface area contributed by atoms with E-state index >= 15 is 0 Å². The Kier molecular flexibility index (Phi) is 3.56. The van der Waals surface area contributed by atoms with Gasteiger partial charge in [-0.3, -0.25) is 0 Å². The van der Waals surface area contributed by atoms with Crippen LogP contribution in [-0.4, -0.2) is 12.0 Å². The summed E-state index contributed by atoms with van der Waals surface area (Å²) in [5, 5.41) is 6.38.